The second-order valence-corrected chi connectivity index (χ2v) is 8.15. The van der Waals surface area contributed by atoms with E-state index in [4.69, 9.17) is 9.84 Å². The highest BCUT2D eigenvalue weighted by atomic mass is 16.5. The van der Waals surface area contributed by atoms with Crippen molar-refractivity contribution < 1.29 is 24.2 Å². The molecule has 0 spiro atoms. The molecule has 1 aliphatic carbocycles. The summed E-state index contributed by atoms with van der Waals surface area (Å²) in [4.78, 5) is 35.5. The third-order valence-corrected chi connectivity index (χ3v) is 5.60. The van der Waals surface area contributed by atoms with E-state index < -0.39 is 30.1 Å². The fraction of sp³-hybridized carbons (Fsp3) is 0.375. The van der Waals surface area contributed by atoms with Crippen LogP contribution in [0.25, 0.3) is 11.1 Å². The lowest BCUT2D eigenvalue weighted by atomic mass is 9.98. The number of hydrogen-bond donors (Lipinski definition) is 3. The van der Waals surface area contributed by atoms with Crippen molar-refractivity contribution >= 4 is 18.0 Å². The molecule has 2 amide bonds. The van der Waals surface area contributed by atoms with Gasteiger partial charge < -0.3 is 20.5 Å². The van der Waals surface area contributed by atoms with Gasteiger partial charge in [-0.1, -0.05) is 62.4 Å². The van der Waals surface area contributed by atoms with Crippen LogP contribution in [0.4, 0.5) is 4.79 Å². The van der Waals surface area contributed by atoms with Crippen LogP contribution in [-0.4, -0.2) is 41.8 Å². The number of carbonyl (C=O) groups excluding carboxylic acids is 2. The van der Waals surface area contributed by atoms with E-state index in [1.165, 1.54) is 6.92 Å². The smallest absolute Gasteiger partial charge is 0.407 e. The molecule has 0 radical (unpaired) electrons. The van der Waals surface area contributed by atoms with Gasteiger partial charge in [0.05, 0.1) is 0 Å². The summed E-state index contributed by atoms with van der Waals surface area (Å²) in [6, 6.07) is 14.7. The summed E-state index contributed by atoms with van der Waals surface area (Å²) in [5.41, 5.74) is 4.55. The third kappa shape index (κ3) is 5.23. The van der Waals surface area contributed by atoms with Gasteiger partial charge in [-0.15, -0.1) is 0 Å². The number of carboxylic acids is 1. The van der Waals surface area contributed by atoms with Crippen molar-refractivity contribution in [2.45, 2.75) is 45.2 Å². The monoisotopic (exact) mass is 424 g/mol. The lowest BCUT2D eigenvalue weighted by Crippen LogP contribution is -2.45. The van der Waals surface area contributed by atoms with E-state index in [2.05, 4.69) is 22.8 Å². The van der Waals surface area contributed by atoms with Crippen molar-refractivity contribution in [3.05, 3.63) is 59.7 Å². The summed E-state index contributed by atoms with van der Waals surface area (Å²) >= 11 is 0. The number of carbonyl (C=O) groups is 3. The molecule has 2 atom stereocenters. The lowest BCUT2D eigenvalue weighted by molar-refractivity contribution is -0.141. The summed E-state index contributed by atoms with van der Waals surface area (Å²) in [6.07, 6.45) is -0.626. The van der Waals surface area contributed by atoms with E-state index in [1.54, 1.807) is 0 Å². The molecule has 0 aromatic heterocycles. The van der Waals surface area contributed by atoms with Crippen LogP contribution in [0.5, 0.6) is 0 Å². The van der Waals surface area contributed by atoms with E-state index in [1.807, 2.05) is 50.2 Å². The van der Waals surface area contributed by atoms with Crippen LogP contribution in [0.1, 0.15) is 44.2 Å². The highest BCUT2D eigenvalue weighted by Gasteiger charge is 2.29. The molecule has 0 unspecified atom stereocenters. The summed E-state index contributed by atoms with van der Waals surface area (Å²) in [5.74, 6) is -1.63. The highest BCUT2D eigenvalue weighted by molar-refractivity contribution is 5.84. The van der Waals surface area contributed by atoms with E-state index in [9.17, 15) is 14.4 Å². The molecule has 0 saturated heterocycles. The van der Waals surface area contributed by atoms with Gasteiger partial charge in [0.1, 0.15) is 12.6 Å². The molecule has 2 aromatic rings. The van der Waals surface area contributed by atoms with Gasteiger partial charge in [-0.25, -0.2) is 4.79 Å². The van der Waals surface area contributed by atoms with E-state index >= 15 is 0 Å². The molecule has 3 rings (SSSR count). The summed E-state index contributed by atoms with van der Waals surface area (Å²) < 4.78 is 5.55. The van der Waals surface area contributed by atoms with E-state index in [0.717, 1.165) is 22.3 Å². The third-order valence-electron chi connectivity index (χ3n) is 5.60. The van der Waals surface area contributed by atoms with Gasteiger partial charge >= 0.3 is 12.1 Å². The number of ether oxygens (including phenoxy) is 1. The molecular weight excluding hydrogens is 396 g/mol. The van der Waals surface area contributed by atoms with Gasteiger partial charge in [0.25, 0.3) is 0 Å². The molecule has 164 valence electrons. The van der Waals surface area contributed by atoms with Gasteiger partial charge in [-0.2, -0.15) is 0 Å². The predicted molar refractivity (Wildman–Crippen MR) is 117 cm³/mol. The Hall–Kier alpha value is -3.35. The maximum atomic E-state index is 12.5. The lowest BCUT2D eigenvalue weighted by Gasteiger charge is -2.23. The Balaban J connectivity index is 1.61. The molecule has 2 aromatic carbocycles. The summed E-state index contributed by atoms with van der Waals surface area (Å²) in [7, 11) is 0. The maximum Gasteiger partial charge on any atom is 0.407 e. The van der Waals surface area contributed by atoms with Crippen molar-refractivity contribution in [1.82, 2.24) is 10.6 Å². The zero-order valence-electron chi connectivity index (χ0n) is 17.9. The van der Waals surface area contributed by atoms with Gasteiger partial charge in [-0.05, 0) is 35.1 Å². The number of benzene rings is 2. The number of hydrogen-bond acceptors (Lipinski definition) is 4. The molecule has 3 N–H and O–H groups in total. The first-order valence-corrected chi connectivity index (χ1v) is 10.4. The van der Waals surface area contributed by atoms with Crippen LogP contribution in [-0.2, 0) is 14.3 Å². The van der Waals surface area contributed by atoms with Crippen LogP contribution in [0.15, 0.2) is 48.5 Å². The van der Waals surface area contributed by atoms with Gasteiger partial charge in [0, 0.05) is 18.4 Å². The van der Waals surface area contributed by atoms with Gasteiger partial charge in [-0.3, -0.25) is 9.59 Å². The van der Waals surface area contributed by atoms with Crippen molar-refractivity contribution in [3.8, 4) is 11.1 Å². The molecule has 1 aliphatic rings. The largest absolute Gasteiger partial charge is 0.480 e. The summed E-state index contributed by atoms with van der Waals surface area (Å²) in [5, 5.41) is 14.1. The zero-order chi connectivity index (χ0) is 22.5. The Bertz CT molecular complexity index is 926. The van der Waals surface area contributed by atoms with Crippen molar-refractivity contribution in [2.75, 3.05) is 6.61 Å². The second-order valence-electron chi connectivity index (χ2n) is 8.15. The molecule has 0 saturated carbocycles. The quantitative estimate of drug-likeness (QED) is 0.601. The highest BCUT2D eigenvalue weighted by Crippen LogP contribution is 2.44. The average molecular weight is 424 g/mol. The molecular formula is C24H28N2O5. The average Bonchev–Trinajstić information content (AvgIpc) is 3.05. The second kappa shape index (κ2) is 9.64. The Morgan fingerprint density at radius 1 is 0.935 bits per heavy atom. The predicted octanol–water partition coefficient (Wildman–Crippen LogP) is 3.53. The standard InChI is InChI=1S/C24H28N2O5/c1-14(2)21(12-22(27)25-15(3)23(28)29)26-24(30)31-13-20-18-10-6-4-8-16(18)17-9-5-7-11-19(17)20/h4-11,14-15,20-21H,12-13H2,1-3H3,(H,25,27)(H,26,30)(H,28,29)/t15-,21+/m0/s1. The fourth-order valence-corrected chi connectivity index (χ4v) is 3.81. The maximum absolute atomic E-state index is 12.5. The van der Waals surface area contributed by atoms with Crippen LogP contribution in [0.3, 0.4) is 0 Å². The number of fused-ring (bicyclic) bond motifs is 3. The number of rotatable bonds is 8. The van der Waals surface area contributed by atoms with Crippen molar-refractivity contribution in [3.63, 3.8) is 0 Å². The molecule has 0 fully saturated rings. The van der Waals surface area contributed by atoms with Crippen molar-refractivity contribution in [1.29, 1.82) is 0 Å². The first-order valence-electron chi connectivity index (χ1n) is 10.4. The minimum Gasteiger partial charge on any atom is -0.480 e. The van der Waals surface area contributed by atoms with Crippen molar-refractivity contribution in [2.24, 2.45) is 5.92 Å². The van der Waals surface area contributed by atoms with Crippen LogP contribution < -0.4 is 10.6 Å². The molecule has 7 heteroatoms. The molecule has 7 nitrogen and oxygen atoms in total. The Morgan fingerprint density at radius 2 is 1.48 bits per heavy atom. The SMILES string of the molecule is CC(C)[C@@H](CC(=O)N[C@@H](C)C(=O)O)NC(=O)OCC1c2ccccc2-c2ccccc21. The summed E-state index contributed by atoms with van der Waals surface area (Å²) in [6.45, 7) is 5.33. The first kappa shape index (κ1) is 22.3. The molecule has 0 heterocycles. The number of alkyl carbamates (subject to hydrolysis) is 1. The normalized spacial score (nSPS) is 14.3. The van der Waals surface area contributed by atoms with E-state index in [0.29, 0.717) is 0 Å². The van der Waals surface area contributed by atoms with Crippen LogP contribution >= 0.6 is 0 Å². The molecule has 31 heavy (non-hydrogen) atoms. The number of nitrogens with one attached hydrogen (secondary N) is 2. The number of amides is 2. The Morgan fingerprint density at radius 3 is 2.00 bits per heavy atom. The Kier molecular flexibility index (Phi) is 6.95. The minimum atomic E-state index is -1.11. The zero-order valence-corrected chi connectivity index (χ0v) is 17.9. The topological polar surface area (TPSA) is 105 Å². The number of carboxylic acid groups (broad SMARTS) is 1. The van der Waals surface area contributed by atoms with Crippen LogP contribution in [0, 0.1) is 5.92 Å². The minimum absolute atomic E-state index is 0.0283. The van der Waals surface area contributed by atoms with Gasteiger partial charge in [0.2, 0.25) is 5.91 Å². The molecule has 0 bridgehead atoms. The number of aliphatic carboxylic acids is 1. The van der Waals surface area contributed by atoms with Gasteiger partial charge in [0.15, 0.2) is 0 Å². The Labute approximate surface area is 181 Å². The first-order chi connectivity index (χ1) is 14.8. The fourth-order valence-electron chi connectivity index (χ4n) is 3.81. The van der Waals surface area contributed by atoms with E-state index in [-0.39, 0.29) is 24.9 Å². The van der Waals surface area contributed by atoms with Crippen LogP contribution in [0.2, 0.25) is 0 Å². The molecule has 0 aliphatic heterocycles.